The molecule has 1 heterocycles. The van der Waals surface area contributed by atoms with Crippen molar-refractivity contribution in [2.75, 3.05) is 18.5 Å². The van der Waals surface area contributed by atoms with Gasteiger partial charge < -0.3 is 15.2 Å². The van der Waals surface area contributed by atoms with Gasteiger partial charge in [-0.1, -0.05) is 0 Å². The molecule has 0 atom stereocenters. The molecule has 1 amide bonds. The van der Waals surface area contributed by atoms with Crippen LogP contribution in [0.25, 0.3) is 11.3 Å². The molecule has 3 rings (SSSR count). The summed E-state index contributed by atoms with van der Waals surface area (Å²) in [4.78, 5) is 12.5. The first kappa shape index (κ1) is 16.7. The Balaban J connectivity index is 1.74. The number of rotatable bonds is 6. The zero-order valence-corrected chi connectivity index (χ0v) is 13.2. The number of aliphatic hydroxyl groups is 1. The largest absolute Gasteiger partial charge is 0.491 e. The van der Waals surface area contributed by atoms with Gasteiger partial charge in [-0.05, 0) is 48.5 Å². The van der Waals surface area contributed by atoms with E-state index in [2.05, 4.69) is 15.5 Å². The average Bonchev–Trinajstić information content (AvgIpc) is 3.11. The number of nitrogens with one attached hydrogen (secondary N) is 2. The summed E-state index contributed by atoms with van der Waals surface area (Å²) < 4.78 is 18.3. The van der Waals surface area contributed by atoms with Gasteiger partial charge in [0.1, 0.15) is 18.2 Å². The van der Waals surface area contributed by atoms with Gasteiger partial charge in [0, 0.05) is 11.3 Å². The molecule has 6 nitrogen and oxygen atoms in total. The van der Waals surface area contributed by atoms with Gasteiger partial charge in [0.25, 0.3) is 5.91 Å². The third-order valence-corrected chi connectivity index (χ3v) is 3.49. The molecule has 0 bridgehead atoms. The Kier molecular flexibility index (Phi) is 5.06. The lowest BCUT2D eigenvalue weighted by atomic mass is 10.1. The first-order chi connectivity index (χ1) is 12.2. The van der Waals surface area contributed by atoms with Crippen molar-refractivity contribution in [2.24, 2.45) is 0 Å². The van der Waals surface area contributed by atoms with Crippen LogP contribution in [0.3, 0.4) is 0 Å². The van der Waals surface area contributed by atoms with E-state index in [1.807, 2.05) is 0 Å². The van der Waals surface area contributed by atoms with Crippen molar-refractivity contribution in [1.82, 2.24) is 10.2 Å². The van der Waals surface area contributed by atoms with Crippen LogP contribution >= 0.6 is 0 Å². The molecule has 0 fully saturated rings. The smallest absolute Gasteiger partial charge is 0.259 e. The normalized spacial score (nSPS) is 10.5. The molecule has 0 saturated heterocycles. The Bertz CT molecular complexity index is 845. The maximum absolute atomic E-state index is 13.1. The Labute approximate surface area is 143 Å². The van der Waals surface area contributed by atoms with Crippen molar-refractivity contribution in [3.8, 4) is 17.0 Å². The Hall–Kier alpha value is -3.19. The molecule has 0 spiro atoms. The fourth-order valence-electron chi connectivity index (χ4n) is 2.29. The maximum Gasteiger partial charge on any atom is 0.259 e. The summed E-state index contributed by atoms with van der Waals surface area (Å²) in [5.41, 5.74) is 2.12. The molecule has 0 radical (unpaired) electrons. The number of amides is 1. The highest BCUT2D eigenvalue weighted by molar-refractivity contribution is 6.08. The minimum Gasteiger partial charge on any atom is -0.491 e. The van der Waals surface area contributed by atoms with Crippen LogP contribution in [0, 0.1) is 5.82 Å². The number of H-pyrrole nitrogens is 1. The third kappa shape index (κ3) is 4.02. The summed E-state index contributed by atoms with van der Waals surface area (Å²) in [6, 6.07) is 12.6. The zero-order valence-electron chi connectivity index (χ0n) is 13.2. The number of anilines is 1. The Morgan fingerprint density at radius 2 is 1.88 bits per heavy atom. The van der Waals surface area contributed by atoms with Gasteiger partial charge in [0.05, 0.1) is 24.1 Å². The second-order valence-corrected chi connectivity index (χ2v) is 5.22. The van der Waals surface area contributed by atoms with E-state index in [1.54, 1.807) is 36.4 Å². The van der Waals surface area contributed by atoms with E-state index in [-0.39, 0.29) is 24.9 Å². The van der Waals surface area contributed by atoms with Crippen LogP contribution in [0.2, 0.25) is 0 Å². The van der Waals surface area contributed by atoms with Crippen molar-refractivity contribution in [3.63, 3.8) is 0 Å². The van der Waals surface area contributed by atoms with Crippen molar-refractivity contribution in [2.45, 2.75) is 0 Å². The van der Waals surface area contributed by atoms with Gasteiger partial charge in [-0.2, -0.15) is 5.10 Å². The topological polar surface area (TPSA) is 87.2 Å². The summed E-state index contributed by atoms with van der Waals surface area (Å²) in [6.07, 6.45) is 1.42. The van der Waals surface area contributed by atoms with E-state index in [4.69, 9.17) is 9.84 Å². The van der Waals surface area contributed by atoms with E-state index < -0.39 is 0 Å². The van der Waals surface area contributed by atoms with E-state index in [1.165, 1.54) is 18.3 Å². The van der Waals surface area contributed by atoms with Crippen molar-refractivity contribution in [1.29, 1.82) is 0 Å². The molecule has 3 N–H and O–H groups in total. The first-order valence-electron chi connectivity index (χ1n) is 7.62. The molecule has 3 aromatic rings. The summed E-state index contributed by atoms with van der Waals surface area (Å²) in [6.45, 7) is 0.146. The monoisotopic (exact) mass is 341 g/mol. The molecule has 7 heteroatoms. The number of carbonyl (C=O) groups is 1. The maximum atomic E-state index is 13.1. The number of aromatic nitrogens is 2. The van der Waals surface area contributed by atoms with Crippen molar-refractivity contribution >= 4 is 11.6 Å². The van der Waals surface area contributed by atoms with Gasteiger partial charge in [0.15, 0.2) is 0 Å². The number of hydrogen-bond donors (Lipinski definition) is 3. The Morgan fingerprint density at radius 3 is 2.56 bits per heavy atom. The van der Waals surface area contributed by atoms with Gasteiger partial charge in [-0.25, -0.2) is 4.39 Å². The molecule has 2 aromatic carbocycles. The molecular formula is C18H16FN3O3. The summed E-state index contributed by atoms with van der Waals surface area (Å²) in [7, 11) is 0. The van der Waals surface area contributed by atoms with Gasteiger partial charge in [-0.15, -0.1) is 0 Å². The highest BCUT2D eigenvalue weighted by Gasteiger charge is 2.15. The fourth-order valence-corrected chi connectivity index (χ4v) is 2.29. The van der Waals surface area contributed by atoms with Crippen LogP contribution in [0.4, 0.5) is 10.1 Å². The number of benzene rings is 2. The van der Waals surface area contributed by atoms with Crippen LogP contribution < -0.4 is 10.1 Å². The molecule has 0 unspecified atom stereocenters. The molecule has 0 saturated carbocycles. The predicted octanol–water partition coefficient (Wildman–Crippen LogP) is 2.84. The molecule has 0 aliphatic rings. The van der Waals surface area contributed by atoms with E-state index in [9.17, 15) is 9.18 Å². The van der Waals surface area contributed by atoms with Crippen LogP contribution in [0.5, 0.6) is 5.75 Å². The minimum absolute atomic E-state index is 0.0643. The molecule has 1 aromatic heterocycles. The Morgan fingerprint density at radius 1 is 1.16 bits per heavy atom. The van der Waals surface area contributed by atoms with E-state index in [0.717, 1.165) is 0 Å². The second kappa shape index (κ2) is 7.59. The zero-order chi connectivity index (χ0) is 17.6. The van der Waals surface area contributed by atoms with Crippen molar-refractivity contribution < 1.29 is 19.0 Å². The van der Waals surface area contributed by atoms with Crippen LogP contribution in [-0.4, -0.2) is 34.4 Å². The molecule has 25 heavy (non-hydrogen) atoms. The SMILES string of the molecule is O=C(Nc1ccc(OCCO)cc1)c1cn[nH]c1-c1ccc(F)cc1. The lowest BCUT2D eigenvalue weighted by Crippen LogP contribution is -2.12. The van der Waals surface area contributed by atoms with E-state index >= 15 is 0 Å². The quantitative estimate of drug-likeness (QED) is 0.643. The van der Waals surface area contributed by atoms with Crippen LogP contribution in [0.15, 0.2) is 54.7 Å². The van der Waals surface area contributed by atoms with Crippen molar-refractivity contribution in [3.05, 3.63) is 66.1 Å². The molecule has 128 valence electrons. The number of aromatic amines is 1. The molecule has 0 aliphatic carbocycles. The number of halogens is 1. The van der Waals surface area contributed by atoms with Gasteiger partial charge >= 0.3 is 0 Å². The standard InChI is InChI=1S/C18H16FN3O3/c19-13-3-1-12(2-4-13)17-16(11-20-22-17)18(24)21-14-5-7-15(8-6-14)25-10-9-23/h1-8,11,23H,9-10H2,(H,20,22)(H,21,24). The first-order valence-corrected chi connectivity index (χ1v) is 7.62. The summed E-state index contributed by atoms with van der Waals surface area (Å²) >= 11 is 0. The van der Waals surface area contributed by atoms with Gasteiger partial charge in [0.2, 0.25) is 0 Å². The number of hydrogen-bond acceptors (Lipinski definition) is 4. The van der Waals surface area contributed by atoms with Crippen LogP contribution in [0.1, 0.15) is 10.4 Å². The summed E-state index contributed by atoms with van der Waals surface area (Å²) in [5.74, 6) is -0.0859. The number of nitrogens with zero attached hydrogens (tertiary/aromatic N) is 1. The average molecular weight is 341 g/mol. The molecule has 0 aliphatic heterocycles. The predicted molar refractivity (Wildman–Crippen MR) is 91.0 cm³/mol. The molecular weight excluding hydrogens is 325 g/mol. The number of aliphatic hydroxyl groups excluding tert-OH is 1. The highest BCUT2D eigenvalue weighted by atomic mass is 19.1. The van der Waals surface area contributed by atoms with E-state index in [0.29, 0.717) is 28.3 Å². The fraction of sp³-hybridized carbons (Fsp3) is 0.111. The summed E-state index contributed by atoms with van der Waals surface area (Å²) in [5, 5.41) is 18.2. The lowest BCUT2D eigenvalue weighted by Gasteiger charge is -2.08. The second-order valence-electron chi connectivity index (χ2n) is 5.22. The minimum atomic E-state index is -0.349. The van der Waals surface area contributed by atoms with Gasteiger partial charge in [-0.3, -0.25) is 9.89 Å². The highest BCUT2D eigenvalue weighted by Crippen LogP contribution is 2.23. The third-order valence-electron chi connectivity index (χ3n) is 3.49. The number of carbonyl (C=O) groups excluding carboxylic acids is 1. The number of ether oxygens (including phenoxy) is 1. The van der Waals surface area contributed by atoms with Crippen LogP contribution in [-0.2, 0) is 0 Å². The lowest BCUT2D eigenvalue weighted by molar-refractivity contribution is 0.102.